The third-order valence-corrected chi connectivity index (χ3v) is 2.57. The normalized spacial score (nSPS) is 10.1. The van der Waals surface area contributed by atoms with Crippen molar-refractivity contribution in [1.82, 2.24) is 14.6 Å². The molecule has 0 fully saturated rings. The molecule has 2 aromatic heterocycles. The SMILES string of the molecule is Cc1cc(NC(=O)c2ccc(=O)[nH]n2)sn1. The van der Waals surface area contributed by atoms with Crippen LogP contribution in [0.15, 0.2) is 23.0 Å². The first-order valence-electron chi connectivity index (χ1n) is 4.45. The van der Waals surface area contributed by atoms with Crippen LogP contribution in [0, 0.1) is 6.92 Å². The van der Waals surface area contributed by atoms with Gasteiger partial charge in [0.05, 0.1) is 5.69 Å². The zero-order valence-electron chi connectivity index (χ0n) is 8.35. The maximum Gasteiger partial charge on any atom is 0.276 e. The van der Waals surface area contributed by atoms with Crippen LogP contribution >= 0.6 is 11.5 Å². The average Bonchev–Trinajstić information content (AvgIpc) is 2.65. The molecule has 2 aromatic rings. The number of hydrogen-bond acceptors (Lipinski definition) is 5. The molecule has 0 spiro atoms. The van der Waals surface area contributed by atoms with Crippen molar-refractivity contribution in [3.63, 3.8) is 0 Å². The van der Waals surface area contributed by atoms with Crippen LogP contribution in [0.5, 0.6) is 0 Å². The highest BCUT2D eigenvalue weighted by molar-refractivity contribution is 7.10. The van der Waals surface area contributed by atoms with Gasteiger partial charge in [0.25, 0.3) is 11.5 Å². The predicted molar refractivity (Wildman–Crippen MR) is 59.7 cm³/mol. The number of rotatable bonds is 2. The van der Waals surface area contributed by atoms with Gasteiger partial charge in [0.2, 0.25) is 0 Å². The number of carbonyl (C=O) groups excluding carboxylic acids is 1. The molecule has 0 saturated carbocycles. The van der Waals surface area contributed by atoms with Crippen molar-refractivity contribution in [2.45, 2.75) is 6.92 Å². The number of nitrogens with one attached hydrogen (secondary N) is 2. The Balaban J connectivity index is 2.14. The van der Waals surface area contributed by atoms with Gasteiger partial charge in [-0.1, -0.05) is 0 Å². The molecule has 0 unspecified atom stereocenters. The molecule has 2 rings (SSSR count). The van der Waals surface area contributed by atoms with Crippen LogP contribution in [0.3, 0.4) is 0 Å². The zero-order valence-corrected chi connectivity index (χ0v) is 9.17. The Bertz CT molecular complexity index is 554. The summed E-state index contributed by atoms with van der Waals surface area (Å²) in [7, 11) is 0. The third-order valence-electron chi connectivity index (χ3n) is 1.78. The lowest BCUT2D eigenvalue weighted by Gasteiger charge is -1.99. The van der Waals surface area contributed by atoms with Crippen LogP contribution in [0.4, 0.5) is 5.00 Å². The topological polar surface area (TPSA) is 87.7 Å². The second-order valence-electron chi connectivity index (χ2n) is 3.09. The maximum atomic E-state index is 11.6. The number of aryl methyl sites for hydroxylation is 1. The van der Waals surface area contributed by atoms with Crippen LogP contribution in [0.25, 0.3) is 0 Å². The fourth-order valence-electron chi connectivity index (χ4n) is 1.07. The maximum absolute atomic E-state index is 11.6. The van der Waals surface area contributed by atoms with Crippen LogP contribution in [0.2, 0.25) is 0 Å². The van der Waals surface area contributed by atoms with E-state index in [2.05, 4.69) is 19.9 Å². The molecule has 0 aliphatic heterocycles. The quantitative estimate of drug-likeness (QED) is 0.806. The molecule has 82 valence electrons. The largest absolute Gasteiger partial charge is 0.311 e. The van der Waals surface area contributed by atoms with E-state index >= 15 is 0 Å². The van der Waals surface area contributed by atoms with Gasteiger partial charge in [0.15, 0.2) is 0 Å². The van der Waals surface area contributed by atoms with E-state index in [1.165, 1.54) is 23.7 Å². The van der Waals surface area contributed by atoms with Gasteiger partial charge in [-0.05, 0) is 30.6 Å². The highest BCUT2D eigenvalue weighted by atomic mass is 32.1. The Morgan fingerprint density at radius 3 is 2.88 bits per heavy atom. The van der Waals surface area contributed by atoms with Crippen molar-refractivity contribution in [3.8, 4) is 0 Å². The summed E-state index contributed by atoms with van der Waals surface area (Å²) in [5.41, 5.74) is 0.658. The number of aromatic amines is 1. The number of carbonyl (C=O) groups is 1. The Morgan fingerprint density at radius 1 is 1.50 bits per heavy atom. The minimum absolute atomic E-state index is 0.158. The van der Waals surface area contributed by atoms with E-state index in [9.17, 15) is 9.59 Å². The van der Waals surface area contributed by atoms with Gasteiger partial charge in [0, 0.05) is 6.07 Å². The smallest absolute Gasteiger partial charge is 0.276 e. The van der Waals surface area contributed by atoms with Gasteiger partial charge in [-0.15, -0.1) is 0 Å². The van der Waals surface area contributed by atoms with Crippen LogP contribution in [-0.2, 0) is 0 Å². The number of nitrogens with zero attached hydrogens (tertiary/aromatic N) is 2. The minimum Gasteiger partial charge on any atom is -0.311 e. The van der Waals surface area contributed by atoms with Gasteiger partial charge in [0.1, 0.15) is 10.7 Å². The molecule has 2 N–H and O–H groups in total. The summed E-state index contributed by atoms with van der Waals surface area (Å²) in [5.74, 6) is -0.375. The molecule has 0 aliphatic carbocycles. The molecule has 0 bridgehead atoms. The standard InChI is InChI=1S/C9H8N4O2S/c1-5-4-8(16-13-5)10-9(15)6-2-3-7(14)12-11-6/h2-4H,1H3,(H,10,15)(H,12,14). The zero-order chi connectivity index (χ0) is 11.5. The third kappa shape index (κ3) is 2.31. The lowest BCUT2D eigenvalue weighted by atomic mass is 10.3. The highest BCUT2D eigenvalue weighted by Gasteiger charge is 2.09. The Labute approximate surface area is 94.5 Å². The van der Waals surface area contributed by atoms with Crippen LogP contribution < -0.4 is 10.9 Å². The fraction of sp³-hybridized carbons (Fsp3) is 0.111. The summed E-state index contributed by atoms with van der Waals surface area (Å²) < 4.78 is 4.03. The molecular weight excluding hydrogens is 228 g/mol. The second kappa shape index (κ2) is 4.23. The molecule has 2 heterocycles. The van der Waals surface area contributed by atoms with Gasteiger partial charge in [-0.2, -0.15) is 9.47 Å². The number of anilines is 1. The first-order valence-corrected chi connectivity index (χ1v) is 5.23. The summed E-state index contributed by atoms with van der Waals surface area (Å²) in [6.45, 7) is 1.84. The molecule has 0 aromatic carbocycles. The van der Waals surface area contributed by atoms with Gasteiger partial charge < -0.3 is 5.32 Å². The summed E-state index contributed by atoms with van der Waals surface area (Å²) >= 11 is 1.19. The molecule has 1 amide bonds. The summed E-state index contributed by atoms with van der Waals surface area (Å²) in [6.07, 6.45) is 0. The summed E-state index contributed by atoms with van der Waals surface area (Å²) in [6, 6.07) is 4.37. The first-order chi connectivity index (χ1) is 7.65. The average molecular weight is 236 g/mol. The molecule has 0 radical (unpaired) electrons. The minimum atomic E-state index is -0.375. The number of amides is 1. The molecule has 6 nitrogen and oxygen atoms in total. The van der Waals surface area contributed by atoms with E-state index < -0.39 is 0 Å². The molecule has 16 heavy (non-hydrogen) atoms. The predicted octanol–water partition coefficient (Wildman–Crippen LogP) is 0.787. The number of H-pyrrole nitrogens is 1. The lowest BCUT2D eigenvalue weighted by Crippen LogP contribution is -2.16. The number of aromatic nitrogens is 3. The van der Waals surface area contributed by atoms with E-state index in [0.717, 1.165) is 5.69 Å². The van der Waals surface area contributed by atoms with E-state index in [-0.39, 0.29) is 17.2 Å². The lowest BCUT2D eigenvalue weighted by molar-refractivity contribution is 0.102. The number of hydrogen-bond donors (Lipinski definition) is 2. The second-order valence-corrected chi connectivity index (χ2v) is 3.90. The van der Waals surface area contributed by atoms with E-state index in [0.29, 0.717) is 5.00 Å². The Kier molecular flexibility index (Phi) is 2.78. The fourth-order valence-corrected chi connectivity index (χ4v) is 1.73. The Hall–Kier alpha value is -2.02. The van der Waals surface area contributed by atoms with E-state index in [1.807, 2.05) is 6.92 Å². The molecular formula is C9H8N4O2S. The van der Waals surface area contributed by atoms with Gasteiger partial charge in [-0.3, -0.25) is 9.59 Å². The molecule has 7 heteroatoms. The van der Waals surface area contributed by atoms with Gasteiger partial charge >= 0.3 is 0 Å². The van der Waals surface area contributed by atoms with E-state index in [1.54, 1.807) is 6.07 Å². The van der Waals surface area contributed by atoms with Crippen molar-refractivity contribution in [2.75, 3.05) is 5.32 Å². The van der Waals surface area contributed by atoms with Gasteiger partial charge in [-0.25, -0.2) is 5.10 Å². The molecule has 0 saturated heterocycles. The monoisotopic (exact) mass is 236 g/mol. The van der Waals surface area contributed by atoms with E-state index in [4.69, 9.17) is 0 Å². The van der Waals surface area contributed by atoms with Crippen molar-refractivity contribution in [3.05, 3.63) is 39.9 Å². The van der Waals surface area contributed by atoms with Crippen molar-refractivity contribution >= 4 is 22.4 Å². The Morgan fingerprint density at radius 2 is 2.31 bits per heavy atom. The van der Waals surface area contributed by atoms with Crippen molar-refractivity contribution < 1.29 is 4.79 Å². The highest BCUT2D eigenvalue weighted by Crippen LogP contribution is 2.15. The molecule has 0 atom stereocenters. The van der Waals surface area contributed by atoms with Crippen molar-refractivity contribution in [1.29, 1.82) is 0 Å². The molecule has 0 aliphatic rings. The van der Waals surface area contributed by atoms with Crippen LogP contribution in [0.1, 0.15) is 16.2 Å². The first kappa shape index (κ1) is 10.5. The summed E-state index contributed by atoms with van der Waals surface area (Å²) in [5, 5.41) is 9.09. The van der Waals surface area contributed by atoms with Crippen LogP contribution in [-0.4, -0.2) is 20.5 Å². The summed E-state index contributed by atoms with van der Waals surface area (Å²) in [4.78, 5) is 22.4. The van der Waals surface area contributed by atoms with Crippen molar-refractivity contribution in [2.24, 2.45) is 0 Å².